The second-order valence-corrected chi connectivity index (χ2v) is 4.84. The summed E-state index contributed by atoms with van der Waals surface area (Å²) in [4.78, 5) is 22.3. The third kappa shape index (κ3) is 2.80. The van der Waals surface area contributed by atoms with E-state index in [9.17, 15) is 20.0 Å². The Morgan fingerprint density at radius 1 is 1.50 bits per heavy atom. The third-order valence-electron chi connectivity index (χ3n) is 3.78. The van der Waals surface area contributed by atoms with E-state index in [1.165, 1.54) is 6.92 Å². The van der Waals surface area contributed by atoms with Crippen LogP contribution in [-0.4, -0.2) is 34.2 Å². The van der Waals surface area contributed by atoms with Crippen molar-refractivity contribution in [1.82, 2.24) is 0 Å². The SMILES string of the molecule is CCOC(=O)[C@](O)(C1CCCCC1)[C@H](C)[N+](=O)[O-]. The van der Waals surface area contributed by atoms with E-state index in [-0.39, 0.29) is 12.5 Å². The summed E-state index contributed by atoms with van der Waals surface area (Å²) >= 11 is 0. The first-order valence-electron chi connectivity index (χ1n) is 6.47. The molecule has 1 saturated carbocycles. The van der Waals surface area contributed by atoms with Gasteiger partial charge < -0.3 is 9.84 Å². The smallest absolute Gasteiger partial charge is 0.345 e. The average molecular weight is 259 g/mol. The van der Waals surface area contributed by atoms with Gasteiger partial charge >= 0.3 is 5.97 Å². The van der Waals surface area contributed by atoms with Crippen LogP contribution in [0.5, 0.6) is 0 Å². The summed E-state index contributed by atoms with van der Waals surface area (Å²) in [6.07, 6.45) is 4.08. The molecule has 0 unspecified atom stereocenters. The van der Waals surface area contributed by atoms with E-state index in [0.29, 0.717) is 12.8 Å². The minimum Gasteiger partial charge on any atom is -0.464 e. The summed E-state index contributed by atoms with van der Waals surface area (Å²) in [6.45, 7) is 3.00. The van der Waals surface area contributed by atoms with Crippen LogP contribution in [0.1, 0.15) is 46.0 Å². The first-order valence-corrected chi connectivity index (χ1v) is 6.47. The van der Waals surface area contributed by atoms with Crippen LogP contribution in [0.15, 0.2) is 0 Å². The van der Waals surface area contributed by atoms with Gasteiger partial charge in [-0.25, -0.2) is 4.79 Å². The molecule has 6 nitrogen and oxygen atoms in total. The zero-order valence-corrected chi connectivity index (χ0v) is 10.9. The minimum atomic E-state index is -2.00. The lowest BCUT2D eigenvalue weighted by atomic mass is 9.73. The summed E-state index contributed by atoms with van der Waals surface area (Å²) in [7, 11) is 0. The van der Waals surface area contributed by atoms with Crippen molar-refractivity contribution in [3.8, 4) is 0 Å². The number of nitrogens with zero attached hydrogens (tertiary/aromatic N) is 1. The zero-order chi connectivity index (χ0) is 13.8. The van der Waals surface area contributed by atoms with E-state index in [0.717, 1.165) is 19.3 Å². The van der Waals surface area contributed by atoms with Gasteiger partial charge in [0.2, 0.25) is 11.6 Å². The molecule has 2 atom stereocenters. The number of ether oxygens (including phenoxy) is 1. The van der Waals surface area contributed by atoms with Crippen LogP contribution >= 0.6 is 0 Å². The van der Waals surface area contributed by atoms with Crippen LogP contribution in [0, 0.1) is 16.0 Å². The first-order chi connectivity index (χ1) is 8.44. The van der Waals surface area contributed by atoms with Crippen LogP contribution in [-0.2, 0) is 9.53 Å². The molecule has 0 bridgehead atoms. The number of aliphatic hydroxyl groups is 1. The molecule has 1 aliphatic carbocycles. The molecule has 0 amide bonds. The fraction of sp³-hybridized carbons (Fsp3) is 0.917. The van der Waals surface area contributed by atoms with Crippen molar-refractivity contribution >= 4 is 5.97 Å². The van der Waals surface area contributed by atoms with Gasteiger partial charge in [0.25, 0.3) is 0 Å². The molecule has 1 aliphatic rings. The zero-order valence-electron chi connectivity index (χ0n) is 10.9. The van der Waals surface area contributed by atoms with Crippen molar-refractivity contribution in [2.24, 2.45) is 5.92 Å². The van der Waals surface area contributed by atoms with Crippen molar-refractivity contribution in [1.29, 1.82) is 0 Å². The fourth-order valence-corrected chi connectivity index (χ4v) is 2.63. The lowest BCUT2D eigenvalue weighted by Gasteiger charge is -2.36. The molecule has 0 aromatic rings. The molecule has 0 aromatic carbocycles. The van der Waals surface area contributed by atoms with E-state index in [4.69, 9.17) is 4.74 Å². The van der Waals surface area contributed by atoms with Gasteiger partial charge in [-0.3, -0.25) is 10.1 Å². The monoisotopic (exact) mass is 259 g/mol. The number of nitro groups is 1. The predicted molar refractivity (Wildman–Crippen MR) is 64.6 cm³/mol. The molecule has 1 rings (SSSR count). The third-order valence-corrected chi connectivity index (χ3v) is 3.78. The van der Waals surface area contributed by atoms with Crippen LogP contribution < -0.4 is 0 Å². The standard InChI is InChI=1S/C12H21NO5/c1-3-18-11(14)12(15,9(2)13(16)17)10-7-5-4-6-8-10/h9-10,15H,3-8H2,1-2H3/t9-,12+/m0/s1. The van der Waals surface area contributed by atoms with Crippen molar-refractivity contribution in [3.05, 3.63) is 10.1 Å². The largest absolute Gasteiger partial charge is 0.464 e. The molecule has 18 heavy (non-hydrogen) atoms. The van der Waals surface area contributed by atoms with E-state index in [2.05, 4.69) is 0 Å². The highest BCUT2D eigenvalue weighted by Crippen LogP contribution is 2.36. The molecule has 0 aromatic heterocycles. The lowest BCUT2D eigenvalue weighted by molar-refractivity contribution is -0.540. The van der Waals surface area contributed by atoms with Crippen LogP contribution in [0.3, 0.4) is 0 Å². The molecule has 104 valence electrons. The molecule has 0 aliphatic heterocycles. The summed E-state index contributed by atoms with van der Waals surface area (Å²) < 4.78 is 4.84. The number of esters is 1. The van der Waals surface area contributed by atoms with Crippen LogP contribution in [0.4, 0.5) is 0 Å². The Balaban J connectivity index is 2.98. The molecule has 1 N–H and O–H groups in total. The van der Waals surface area contributed by atoms with Crippen LogP contribution in [0.25, 0.3) is 0 Å². The number of rotatable bonds is 5. The Bertz CT molecular complexity index is 314. The maximum Gasteiger partial charge on any atom is 0.345 e. The Hall–Kier alpha value is -1.17. The number of hydrogen-bond donors (Lipinski definition) is 1. The Morgan fingerprint density at radius 3 is 2.50 bits per heavy atom. The summed E-state index contributed by atoms with van der Waals surface area (Å²) in [5.74, 6) is -1.24. The second kappa shape index (κ2) is 6.13. The van der Waals surface area contributed by atoms with E-state index < -0.39 is 22.5 Å². The van der Waals surface area contributed by atoms with Gasteiger partial charge in [0.05, 0.1) is 6.61 Å². The van der Waals surface area contributed by atoms with E-state index >= 15 is 0 Å². The molecular formula is C12H21NO5. The van der Waals surface area contributed by atoms with E-state index in [1.54, 1.807) is 6.92 Å². The van der Waals surface area contributed by atoms with Crippen molar-refractivity contribution in [2.75, 3.05) is 6.61 Å². The highest BCUT2D eigenvalue weighted by molar-refractivity contribution is 5.80. The normalized spacial score (nSPS) is 21.9. The Morgan fingerprint density at radius 2 is 2.06 bits per heavy atom. The van der Waals surface area contributed by atoms with Gasteiger partial charge in [0.15, 0.2) is 0 Å². The van der Waals surface area contributed by atoms with Gasteiger partial charge in [0.1, 0.15) is 0 Å². The second-order valence-electron chi connectivity index (χ2n) is 4.84. The molecular weight excluding hydrogens is 238 g/mol. The number of carbonyl (C=O) groups excluding carboxylic acids is 1. The Labute approximate surface area is 106 Å². The first kappa shape index (κ1) is 14.9. The van der Waals surface area contributed by atoms with Crippen molar-refractivity contribution < 1.29 is 19.6 Å². The highest BCUT2D eigenvalue weighted by Gasteiger charge is 2.55. The number of hydrogen-bond acceptors (Lipinski definition) is 5. The maximum atomic E-state index is 11.9. The predicted octanol–water partition coefficient (Wildman–Crippen LogP) is 1.53. The highest BCUT2D eigenvalue weighted by atomic mass is 16.6. The van der Waals surface area contributed by atoms with Gasteiger partial charge in [-0.2, -0.15) is 0 Å². The summed E-state index contributed by atoms with van der Waals surface area (Å²) in [6, 6.07) is -1.35. The molecule has 0 saturated heterocycles. The maximum absolute atomic E-state index is 11.9. The van der Waals surface area contributed by atoms with Crippen molar-refractivity contribution in [3.63, 3.8) is 0 Å². The van der Waals surface area contributed by atoms with Gasteiger partial charge in [-0.1, -0.05) is 19.3 Å². The van der Waals surface area contributed by atoms with Crippen LogP contribution in [0.2, 0.25) is 0 Å². The number of carbonyl (C=O) groups is 1. The van der Waals surface area contributed by atoms with Gasteiger partial charge in [-0.15, -0.1) is 0 Å². The van der Waals surface area contributed by atoms with Gasteiger partial charge in [0, 0.05) is 17.8 Å². The van der Waals surface area contributed by atoms with E-state index in [1.807, 2.05) is 0 Å². The minimum absolute atomic E-state index is 0.109. The molecule has 0 spiro atoms. The lowest BCUT2D eigenvalue weighted by Crippen LogP contribution is -2.58. The van der Waals surface area contributed by atoms with Gasteiger partial charge in [-0.05, 0) is 19.8 Å². The average Bonchev–Trinajstić information content (AvgIpc) is 2.38. The van der Waals surface area contributed by atoms with Crippen molar-refractivity contribution in [2.45, 2.75) is 57.6 Å². The molecule has 1 fully saturated rings. The molecule has 0 radical (unpaired) electrons. The molecule has 0 heterocycles. The quantitative estimate of drug-likeness (QED) is 0.459. The topological polar surface area (TPSA) is 89.7 Å². The Kier molecular flexibility index (Phi) is 5.07. The molecule has 6 heteroatoms. The fourth-order valence-electron chi connectivity index (χ4n) is 2.63. The summed E-state index contributed by atoms with van der Waals surface area (Å²) in [5, 5.41) is 21.5. The summed E-state index contributed by atoms with van der Waals surface area (Å²) in [5.41, 5.74) is -2.00.